The van der Waals surface area contributed by atoms with Crippen molar-refractivity contribution >= 4 is 5.97 Å². The molecular weight excluding hydrogens is 278 g/mol. The molecule has 0 aliphatic carbocycles. The summed E-state index contributed by atoms with van der Waals surface area (Å²) in [5.41, 5.74) is 2.33. The number of aromatic nitrogens is 2. The van der Waals surface area contributed by atoms with Crippen LogP contribution >= 0.6 is 0 Å². The summed E-state index contributed by atoms with van der Waals surface area (Å²) in [7, 11) is 1.99. The van der Waals surface area contributed by atoms with E-state index in [9.17, 15) is 4.79 Å². The molecule has 0 saturated carbocycles. The van der Waals surface area contributed by atoms with Gasteiger partial charge >= 0.3 is 5.97 Å². The van der Waals surface area contributed by atoms with E-state index in [0.29, 0.717) is 18.0 Å². The molecule has 0 fully saturated rings. The highest BCUT2D eigenvalue weighted by molar-refractivity contribution is 5.87. The van der Waals surface area contributed by atoms with Gasteiger partial charge in [-0.3, -0.25) is 4.90 Å². The molecule has 5 nitrogen and oxygen atoms in total. The standard InChI is InChI=1S/C17H21N3O2/c1-12(2)16-18-8-14(9-19-16)11-20(3)10-13-5-4-6-15(7-13)17(21)22/h4-9,12H,10-11H2,1-3H3,(H,21,22). The summed E-state index contributed by atoms with van der Waals surface area (Å²) in [6.07, 6.45) is 3.71. The molecule has 22 heavy (non-hydrogen) atoms. The minimum Gasteiger partial charge on any atom is -0.478 e. The molecule has 5 heteroatoms. The SMILES string of the molecule is CC(C)c1ncc(CN(C)Cc2cccc(C(=O)O)c2)cn1. The Morgan fingerprint density at radius 3 is 2.41 bits per heavy atom. The van der Waals surface area contributed by atoms with Crippen molar-refractivity contribution < 1.29 is 9.90 Å². The molecule has 0 radical (unpaired) electrons. The average molecular weight is 299 g/mol. The van der Waals surface area contributed by atoms with Crippen molar-refractivity contribution in [2.75, 3.05) is 7.05 Å². The van der Waals surface area contributed by atoms with Crippen LogP contribution in [-0.4, -0.2) is 33.0 Å². The number of aromatic carboxylic acids is 1. The Bertz CT molecular complexity index is 639. The Kier molecular flexibility index (Phi) is 5.22. The first-order chi connectivity index (χ1) is 10.5. The number of carboxylic acids is 1. The van der Waals surface area contributed by atoms with E-state index in [2.05, 4.69) is 28.7 Å². The second-order valence-corrected chi connectivity index (χ2v) is 5.78. The molecule has 0 aliphatic heterocycles. The summed E-state index contributed by atoms with van der Waals surface area (Å²) in [6, 6.07) is 7.01. The fourth-order valence-electron chi connectivity index (χ4n) is 2.23. The molecule has 0 saturated heterocycles. The van der Waals surface area contributed by atoms with E-state index in [1.54, 1.807) is 18.2 Å². The van der Waals surface area contributed by atoms with Gasteiger partial charge in [-0.15, -0.1) is 0 Å². The van der Waals surface area contributed by atoms with E-state index in [1.165, 1.54) is 0 Å². The molecule has 2 aromatic rings. The first kappa shape index (κ1) is 16.1. The third-order valence-electron chi connectivity index (χ3n) is 3.32. The minimum absolute atomic E-state index is 0.315. The first-order valence-electron chi connectivity index (χ1n) is 7.27. The Labute approximate surface area is 130 Å². The van der Waals surface area contributed by atoms with Crippen LogP contribution in [0.15, 0.2) is 36.7 Å². The fourth-order valence-corrected chi connectivity index (χ4v) is 2.23. The van der Waals surface area contributed by atoms with Gasteiger partial charge in [-0.1, -0.05) is 26.0 Å². The van der Waals surface area contributed by atoms with Crippen LogP contribution in [-0.2, 0) is 13.1 Å². The lowest BCUT2D eigenvalue weighted by atomic mass is 10.1. The summed E-state index contributed by atoms with van der Waals surface area (Å²) in [6.45, 7) is 5.52. The van der Waals surface area contributed by atoms with Crippen LogP contribution in [0, 0.1) is 0 Å². The van der Waals surface area contributed by atoms with Crippen molar-refractivity contribution in [3.63, 3.8) is 0 Å². The number of nitrogens with zero attached hydrogens (tertiary/aromatic N) is 3. The van der Waals surface area contributed by atoms with Crippen LogP contribution < -0.4 is 0 Å². The van der Waals surface area contributed by atoms with E-state index in [4.69, 9.17) is 5.11 Å². The molecule has 1 N–H and O–H groups in total. The average Bonchev–Trinajstić information content (AvgIpc) is 2.47. The maximum absolute atomic E-state index is 11.0. The van der Waals surface area contributed by atoms with Crippen LogP contribution in [0.1, 0.15) is 47.1 Å². The van der Waals surface area contributed by atoms with Crippen molar-refractivity contribution in [1.82, 2.24) is 14.9 Å². The van der Waals surface area contributed by atoms with Gasteiger partial charge in [0.2, 0.25) is 0 Å². The largest absolute Gasteiger partial charge is 0.478 e. The molecule has 116 valence electrons. The molecule has 1 heterocycles. The Morgan fingerprint density at radius 2 is 1.82 bits per heavy atom. The van der Waals surface area contributed by atoms with Gasteiger partial charge in [0.25, 0.3) is 0 Å². The van der Waals surface area contributed by atoms with Gasteiger partial charge in [0.1, 0.15) is 5.82 Å². The van der Waals surface area contributed by atoms with Gasteiger partial charge in [-0.05, 0) is 24.7 Å². The first-order valence-corrected chi connectivity index (χ1v) is 7.27. The van der Waals surface area contributed by atoms with Crippen LogP contribution in [0.2, 0.25) is 0 Å². The van der Waals surface area contributed by atoms with Crippen molar-refractivity contribution in [2.24, 2.45) is 0 Å². The molecule has 1 aromatic heterocycles. The minimum atomic E-state index is -0.901. The van der Waals surface area contributed by atoms with Gasteiger partial charge < -0.3 is 5.11 Å². The van der Waals surface area contributed by atoms with Crippen molar-refractivity contribution in [2.45, 2.75) is 32.9 Å². The summed E-state index contributed by atoms with van der Waals surface area (Å²) in [4.78, 5) is 21.8. The lowest BCUT2D eigenvalue weighted by Crippen LogP contribution is -2.18. The summed E-state index contributed by atoms with van der Waals surface area (Å²) in [5.74, 6) is 0.272. The summed E-state index contributed by atoms with van der Waals surface area (Å²) >= 11 is 0. The van der Waals surface area contributed by atoms with Gasteiger partial charge in [0.05, 0.1) is 5.56 Å². The van der Waals surface area contributed by atoms with E-state index >= 15 is 0 Å². The second kappa shape index (κ2) is 7.13. The summed E-state index contributed by atoms with van der Waals surface area (Å²) < 4.78 is 0. The molecule has 0 amide bonds. The molecule has 0 unspecified atom stereocenters. The zero-order valence-electron chi connectivity index (χ0n) is 13.2. The Balaban J connectivity index is 1.99. The quantitative estimate of drug-likeness (QED) is 0.888. The van der Waals surface area contributed by atoms with Crippen LogP contribution in [0.3, 0.4) is 0 Å². The van der Waals surface area contributed by atoms with Gasteiger partial charge in [-0.25, -0.2) is 14.8 Å². The van der Waals surface area contributed by atoms with Gasteiger partial charge in [-0.2, -0.15) is 0 Å². The third-order valence-corrected chi connectivity index (χ3v) is 3.32. The van der Waals surface area contributed by atoms with E-state index in [-0.39, 0.29) is 0 Å². The number of carbonyl (C=O) groups is 1. The van der Waals surface area contributed by atoms with Crippen LogP contribution in [0.5, 0.6) is 0 Å². The predicted octanol–water partition coefficient (Wildman–Crippen LogP) is 2.93. The van der Waals surface area contributed by atoms with Gasteiger partial charge in [0, 0.05) is 37.0 Å². The molecule has 0 atom stereocenters. The lowest BCUT2D eigenvalue weighted by molar-refractivity contribution is 0.0696. The Hall–Kier alpha value is -2.27. The molecule has 0 spiro atoms. The molecule has 0 aliphatic rings. The van der Waals surface area contributed by atoms with E-state index in [1.807, 2.05) is 25.5 Å². The normalized spacial score (nSPS) is 11.1. The number of benzene rings is 1. The highest BCUT2D eigenvalue weighted by Gasteiger charge is 2.07. The highest BCUT2D eigenvalue weighted by atomic mass is 16.4. The maximum atomic E-state index is 11.0. The van der Waals surface area contributed by atoms with E-state index in [0.717, 1.165) is 23.5 Å². The van der Waals surface area contributed by atoms with Crippen molar-refractivity contribution in [1.29, 1.82) is 0 Å². The Morgan fingerprint density at radius 1 is 1.18 bits per heavy atom. The zero-order chi connectivity index (χ0) is 16.1. The number of carboxylic acid groups (broad SMARTS) is 1. The topological polar surface area (TPSA) is 66.3 Å². The smallest absolute Gasteiger partial charge is 0.335 e. The second-order valence-electron chi connectivity index (χ2n) is 5.78. The maximum Gasteiger partial charge on any atom is 0.335 e. The monoisotopic (exact) mass is 299 g/mol. The summed E-state index contributed by atoms with van der Waals surface area (Å²) in [5, 5.41) is 9.02. The molecular formula is C17H21N3O2. The van der Waals surface area contributed by atoms with Crippen molar-refractivity contribution in [3.8, 4) is 0 Å². The number of hydrogen-bond acceptors (Lipinski definition) is 4. The number of hydrogen-bond donors (Lipinski definition) is 1. The van der Waals surface area contributed by atoms with E-state index < -0.39 is 5.97 Å². The number of rotatable bonds is 6. The van der Waals surface area contributed by atoms with Crippen LogP contribution in [0.25, 0.3) is 0 Å². The van der Waals surface area contributed by atoms with Crippen LogP contribution in [0.4, 0.5) is 0 Å². The predicted molar refractivity (Wildman–Crippen MR) is 84.7 cm³/mol. The third kappa shape index (κ3) is 4.36. The highest BCUT2D eigenvalue weighted by Crippen LogP contribution is 2.11. The molecule has 2 rings (SSSR count). The molecule has 1 aromatic carbocycles. The van der Waals surface area contributed by atoms with Crippen molar-refractivity contribution in [3.05, 3.63) is 59.2 Å². The lowest BCUT2D eigenvalue weighted by Gasteiger charge is -2.17. The fraction of sp³-hybridized carbons (Fsp3) is 0.353. The zero-order valence-corrected chi connectivity index (χ0v) is 13.2. The van der Waals surface area contributed by atoms with Gasteiger partial charge in [0.15, 0.2) is 0 Å². The molecule has 0 bridgehead atoms.